The van der Waals surface area contributed by atoms with Crippen LogP contribution < -0.4 is 11.1 Å². The number of benzene rings is 2. The van der Waals surface area contributed by atoms with Crippen LogP contribution in [0.15, 0.2) is 42.5 Å². The molecule has 1 atom stereocenters. The first kappa shape index (κ1) is 15.5. The zero-order valence-electron chi connectivity index (χ0n) is 12.3. The van der Waals surface area contributed by atoms with Gasteiger partial charge in [-0.3, -0.25) is 4.79 Å². The summed E-state index contributed by atoms with van der Waals surface area (Å²) in [6, 6.07) is 12.7. The second-order valence-electron chi connectivity index (χ2n) is 5.13. The van der Waals surface area contributed by atoms with Crippen LogP contribution in [0.2, 0.25) is 0 Å². The van der Waals surface area contributed by atoms with Gasteiger partial charge in [0.1, 0.15) is 5.52 Å². The first-order chi connectivity index (χ1) is 11.2. The van der Waals surface area contributed by atoms with Gasteiger partial charge in [-0.1, -0.05) is 28.8 Å². The van der Waals surface area contributed by atoms with E-state index in [1.54, 1.807) is 18.2 Å². The van der Waals surface area contributed by atoms with Crippen molar-refractivity contribution in [3.63, 3.8) is 0 Å². The van der Waals surface area contributed by atoms with Gasteiger partial charge in [0.15, 0.2) is 0 Å². The summed E-state index contributed by atoms with van der Waals surface area (Å²) in [7, 11) is 0. The molecule has 1 amide bonds. The predicted molar refractivity (Wildman–Crippen MR) is 90.2 cm³/mol. The van der Waals surface area contributed by atoms with Gasteiger partial charge in [0.05, 0.1) is 17.2 Å². The number of aromatic nitrogens is 2. The summed E-state index contributed by atoms with van der Waals surface area (Å²) in [5, 5.41) is 15.9. The van der Waals surface area contributed by atoms with Crippen LogP contribution in [0.4, 0.5) is 5.69 Å². The monoisotopic (exact) mass is 328 g/mol. The fraction of sp³-hybridized carbons (Fsp3) is 0.188. The molecular weight excluding hydrogens is 312 g/mol. The molecule has 0 unspecified atom stereocenters. The van der Waals surface area contributed by atoms with Gasteiger partial charge >= 0.3 is 0 Å². The Morgan fingerprint density at radius 3 is 2.74 bits per heavy atom. The van der Waals surface area contributed by atoms with Crippen molar-refractivity contribution in [2.45, 2.75) is 12.5 Å². The van der Waals surface area contributed by atoms with Crippen LogP contribution in [0.5, 0.6) is 0 Å². The van der Waals surface area contributed by atoms with E-state index in [0.717, 1.165) is 21.3 Å². The van der Waals surface area contributed by atoms with Crippen LogP contribution in [0, 0.1) is 0 Å². The second kappa shape index (κ2) is 6.82. The molecule has 0 aliphatic heterocycles. The summed E-state index contributed by atoms with van der Waals surface area (Å²) in [4.78, 5) is 12.5. The van der Waals surface area contributed by atoms with Crippen LogP contribution >= 0.6 is 11.5 Å². The van der Waals surface area contributed by atoms with E-state index in [-0.39, 0.29) is 19.1 Å². The maximum atomic E-state index is 12.5. The van der Waals surface area contributed by atoms with Crippen molar-refractivity contribution in [3.8, 4) is 0 Å². The molecule has 3 aromatic rings. The van der Waals surface area contributed by atoms with Crippen molar-refractivity contribution < 1.29 is 9.90 Å². The zero-order valence-corrected chi connectivity index (χ0v) is 13.1. The van der Waals surface area contributed by atoms with Crippen molar-refractivity contribution in [3.05, 3.63) is 53.6 Å². The Morgan fingerprint density at radius 2 is 2.04 bits per heavy atom. The van der Waals surface area contributed by atoms with Crippen LogP contribution in [0.3, 0.4) is 0 Å². The SMILES string of the molecule is NC[C@@H](C(=O)Nc1ccc2nnsc2c1)c1ccc(CO)cc1. The molecule has 0 bridgehead atoms. The predicted octanol–water partition coefficient (Wildman–Crippen LogP) is 1.86. The number of rotatable bonds is 5. The van der Waals surface area contributed by atoms with Crippen molar-refractivity contribution in [2.24, 2.45) is 5.73 Å². The molecule has 0 aliphatic carbocycles. The Kier molecular flexibility index (Phi) is 4.61. The Labute approximate surface area is 137 Å². The average molecular weight is 328 g/mol. The minimum atomic E-state index is -0.446. The number of anilines is 1. The number of hydrogen-bond acceptors (Lipinski definition) is 6. The Morgan fingerprint density at radius 1 is 1.26 bits per heavy atom. The molecule has 7 heteroatoms. The molecule has 0 saturated heterocycles. The van der Waals surface area contributed by atoms with Crippen molar-refractivity contribution in [2.75, 3.05) is 11.9 Å². The van der Waals surface area contributed by atoms with Gasteiger partial charge in [0.2, 0.25) is 5.91 Å². The van der Waals surface area contributed by atoms with Crippen molar-refractivity contribution >= 4 is 33.3 Å². The van der Waals surface area contributed by atoms with Gasteiger partial charge < -0.3 is 16.2 Å². The Bertz CT molecular complexity index is 816. The van der Waals surface area contributed by atoms with Gasteiger partial charge in [-0.05, 0) is 40.9 Å². The van der Waals surface area contributed by atoms with E-state index in [2.05, 4.69) is 14.9 Å². The highest BCUT2D eigenvalue weighted by Gasteiger charge is 2.19. The molecule has 3 rings (SSSR count). The topological polar surface area (TPSA) is 101 Å². The highest BCUT2D eigenvalue weighted by atomic mass is 32.1. The minimum absolute atomic E-state index is 0.0251. The number of amides is 1. The summed E-state index contributed by atoms with van der Waals surface area (Å²) in [5.74, 6) is -0.612. The molecule has 0 fully saturated rings. The molecule has 0 radical (unpaired) electrons. The lowest BCUT2D eigenvalue weighted by Crippen LogP contribution is -2.27. The lowest BCUT2D eigenvalue weighted by atomic mass is 9.97. The molecule has 0 saturated carbocycles. The standard InChI is InChI=1S/C16H16N4O2S/c17-8-13(11-3-1-10(9-21)2-4-11)16(22)18-12-5-6-14-15(7-12)23-20-19-14/h1-7,13,21H,8-9,17H2,(H,18,22)/t13-/m1/s1. The second-order valence-corrected chi connectivity index (χ2v) is 5.92. The molecule has 4 N–H and O–H groups in total. The molecular formula is C16H16N4O2S. The maximum Gasteiger partial charge on any atom is 0.233 e. The van der Waals surface area contributed by atoms with Crippen molar-refractivity contribution in [1.82, 2.24) is 9.59 Å². The molecule has 0 spiro atoms. The number of carbonyl (C=O) groups is 1. The molecule has 2 aromatic carbocycles. The lowest BCUT2D eigenvalue weighted by molar-refractivity contribution is -0.117. The van der Waals surface area contributed by atoms with E-state index in [1.165, 1.54) is 11.5 Å². The van der Waals surface area contributed by atoms with E-state index < -0.39 is 5.92 Å². The first-order valence-electron chi connectivity index (χ1n) is 7.14. The zero-order chi connectivity index (χ0) is 16.2. The third-order valence-corrected chi connectivity index (χ3v) is 4.32. The Balaban J connectivity index is 1.78. The van der Waals surface area contributed by atoms with E-state index in [4.69, 9.17) is 10.8 Å². The van der Waals surface area contributed by atoms with Gasteiger partial charge in [0.25, 0.3) is 0 Å². The average Bonchev–Trinajstić information content (AvgIpc) is 3.04. The van der Waals surface area contributed by atoms with Gasteiger partial charge in [-0.2, -0.15) is 0 Å². The van der Waals surface area contributed by atoms with E-state index in [0.29, 0.717) is 5.69 Å². The maximum absolute atomic E-state index is 12.5. The molecule has 1 heterocycles. The highest BCUT2D eigenvalue weighted by Crippen LogP contribution is 2.22. The highest BCUT2D eigenvalue weighted by molar-refractivity contribution is 7.12. The number of nitrogens with two attached hydrogens (primary N) is 1. The molecule has 118 valence electrons. The molecule has 1 aromatic heterocycles. The lowest BCUT2D eigenvalue weighted by Gasteiger charge is -2.15. The summed E-state index contributed by atoms with van der Waals surface area (Å²) in [5.41, 5.74) is 8.90. The Hall–Kier alpha value is -2.35. The molecule has 0 aliphatic rings. The summed E-state index contributed by atoms with van der Waals surface area (Å²) < 4.78 is 4.79. The summed E-state index contributed by atoms with van der Waals surface area (Å²) in [6.07, 6.45) is 0. The van der Waals surface area contributed by atoms with Gasteiger partial charge in [0, 0.05) is 12.2 Å². The summed E-state index contributed by atoms with van der Waals surface area (Å²) in [6.45, 7) is 0.178. The normalized spacial score (nSPS) is 12.3. The third kappa shape index (κ3) is 3.37. The minimum Gasteiger partial charge on any atom is -0.392 e. The number of aliphatic hydroxyl groups excluding tert-OH is 1. The number of carbonyl (C=O) groups excluding carboxylic acids is 1. The van der Waals surface area contributed by atoms with E-state index in [1.807, 2.05) is 24.3 Å². The van der Waals surface area contributed by atoms with Crippen molar-refractivity contribution in [1.29, 1.82) is 0 Å². The number of hydrogen-bond donors (Lipinski definition) is 3. The van der Waals surface area contributed by atoms with Gasteiger partial charge in [-0.25, -0.2) is 0 Å². The fourth-order valence-electron chi connectivity index (χ4n) is 2.34. The van der Waals surface area contributed by atoms with Crippen LogP contribution in [0.1, 0.15) is 17.0 Å². The largest absolute Gasteiger partial charge is 0.392 e. The van der Waals surface area contributed by atoms with Crippen LogP contribution in [-0.2, 0) is 11.4 Å². The smallest absolute Gasteiger partial charge is 0.233 e. The first-order valence-corrected chi connectivity index (χ1v) is 7.91. The number of nitrogens with zero attached hydrogens (tertiary/aromatic N) is 2. The third-order valence-electron chi connectivity index (χ3n) is 3.63. The molecule has 23 heavy (non-hydrogen) atoms. The quantitative estimate of drug-likeness (QED) is 0.664. The van der Waals surface area contributed by atoms with E-state index in [9.17, 15) is 4.79 Å². The van der Waals surface area contributed by atoms with Crippen LogP contribution in [-0.4, -0.2) is 27.1 Å². The van der Waals surface area contributed by atoms with Gasteiger partial charge in [-0.15, -0.1) is 5.10 Å². The number of fused-ring (bicyclic) bond motifs is 1. The fourth-order valence-corrected chi connectivity index (χ4v) is 2.93. The number of aliphatic hydroxyl groups is 1. The molecule has 6 nitrogen and oxygen atoms in total. The van der Waals surface area contributed by atoms with Crippen LogP contribution in [0.25, 0.3) is 10.2 Å². The van der Waals surface area contributed by atoms with E-state index >= 15 is 0 Å². The summed E-state index contributed by atoms with van der Waals surface area (Å²) >= 11 is 1.28. The number of nitrogens with one attached hydrogen (secondary N) is 1.